The van der Waals surface area contributed by atoms with Gasteiger partial charge < -0.3 is 14.9 Å². The van der Waals surface area contributed by atoms with Gasteiger partial charge in [-0.25, -0.2) is 0 Å². The summed E-state index contributed by atoms with van der Waals surface area (Å²) in [4.78, 5) is 0. The predicted octanol–water partition coefficient (Wildman–Crippen LogP) is 2.89. The molecule has 1 aliphatic heterocycles. The fourth-order valence-electron chi connectivity index (χ4n) is 7.91. The number of aliphatic hydroxyl groups excluding tert-OH is 1. The second kappa shape index (κ2) is 4.40. The third-order valence-corrected chi connectivity index (χ3v) is 9.45. The lowest BCUT2D eigenvalue weighted by atomic mass is 9.44. The fourth-order valence-corrected chi connectivity index (χ4v) is 7.91. The number of rotatable bonds is 0. The zero-order chi connectivity index (χ0) is 17.0. The highest BCUT2D eigenvalue weighted by molar-refractivity contribution is 5.28. The SMILES string of the molecule is C#C[C@]1(O)CC[C@H]2[C@@H]3C[C@@H]4O[C@@]45C[C@@H](O)CC[C@]5(C)[C@H]3CC[C@@]21C. The molecule has 0 bridgehead atoms. The van der Waals surface area contributed by atoms with Crippen LogP contribution in [0.25, 0.3) is 0 Å². The minimum Gasteiger partial charge on any atom is -0.393 e. The van der Waals surface area contributed by atoms with Gasteiger partial charge in [0.25, 0.3) is 0 Å². The van der Waals surface area contributed by atoms with E-state index in [-0.39, 0.29) is 22.5 Å². The highest BCUT2D eigenvalue weighted by Crippen LogP contribution is 2.74. The summed E-state index contributed by atoms with van der Waals surface area (Å²) in [6.07, 6.45) is 13.8. The quantitative estimate of drug-likeness (QED) is 0.530. The van der Waals surface area contributed by atoms with Gasteiger partial charge in [-0.3, -0.25) is 0 Å². The van der Waals surface area contributed by atoms with Crippen molar-refractivity contribution in [2.75, 3.05) is 0 Å². The summed E-state index contributed by atoms with van der Waals surface area (Å²) in [6.45, 7) is 4.67. The van der Waals surface area contributed by atoms with Gasteiger partial charge in [-0.2, -0.15) is 0 Å². The smallest absolute Gasteiger partial charge is 0.130 e. The fraction of sp³-hybridized carbons (Fsp3) is 0.905. The van der Waals surface area contributed by atoms with Crippen LogP contribution in [-0.2, 0) is 4.74 Å². The van der Waals surface area contributed by atoms with Gasteiger partial charge in [-0.1, -0.05) is 19.8 Å². The number of terminal acetylenes is 1. The van der Waals surface area contributed by atoms with E-state index in [9.17, 15) is 10.2 Å². The van der Waals surface area contributed by atoms with E-state index in [4.69, 9.17) is 11.2 Å². The summed E-state index contributed by atoms with van der Waals surface area (Å²) in [7, 11) is 0. The molecule has 3 heteroatoms. The summed E-state index contributed by atoms with van der Waals surface area (Å²) in [6, 6.07) is 0. The number of hydrogen-bond acceptors (Lipinski definition) is 3. The highest BCUT2D eigenvalue weighted by atomic mass is 16.6. The van der Waals surface area contributed by atoms with E-state index < -0.39 is 5.60 Å². The number of hydrogen-bond donors (Lipinski definition) is 2. The lowest BCUT2D eigenvalue weighted by Crippen LogP contribution is -2.60. The van der Waals surface area contributed by atoms with Crippen LogP contribution in [0.4, 0.5) is 0 Å². The molecule has 5 fully saturated rings. The van der Waals surface area contributed by atoms with E-state index in [0.29, 0.717) is 23.9 Å². The standard InChI is InChI=1S/C21H30O3/c1-4-20(23)10-7-15-14-11-17-21(24-17)12-13(22)5-8-19(21,3)16(14)6-9-18(15,20)2/h1,13-17,22-23H,5-12H2,2-3H3/t13-,14-,15-,16-,17-,18-,19+,20-,21-/m0/s1. The molecule has 4 saturated carbocycles. The van der Waals surface area contributed by atoms with Gasteiger partial charge in [0.05, 0.1) is 12.2 Å². The monoisotopic (exact) mass is 330 g/mol. The molecule has 9 atom stereocenters. The molecule has 5 rings (SSSR count). The normalized spacial score (nSPS) is 64.2. The molecule has 1 heterocycles. The average molecular weight is 330 g/mol. The van der Waals surface area contributed by atoms with Gasteiger partial charge in [0, 0.05) is 17.3 Å². The second-order valence-electron chi connectivity index (χ2n) is 9.92. The number of fused-ring (bicyclic) bond motifs is 4. The Kier molecular flexibility index (Phi) is 2.87. The molecule has 5 aliphatic rings. The summed E-state index contributed by atoms with van der Waals surface area (Å²) in [5.41, 5.74) is -0.924. The molecule has 0 aromatic rings. The van der Waals surface area contributed by atoms with Crippen LogP contribution in [-0.4, -0.2) is 33.6 Å². The van der Waals surface area contributed by atoms with Crippen molar-refractivity contribution < 1.29 is 14.9 Å². The van der Waals surface area contributed by atoms with Crippen molar-refractivity contribution in [3.05, 3.63) is 0 Å². The Morgan fingerprint density at radius 2 is 1.71 bits per heavy atom. The summed E-state index contributed by atoms with van der Waals surface area (Å²) in [5, 5.41) is 21.3. The molecule has 0 aromatic heterocycles. The van der Waals surface area contributed by atoms with Gasteiger partial charge in [0.1, 0.15) is 11.2 Å². The first-order valence-corrected chi connectivity index (χ1v) is 9.86. The molecule has 0 unspecified atom stereocenters. The molecular weight excluding hydrogens is 300 g/mol. The molecule has 24 heavy (non-hydrogen) atoms. The molecule has 1 saturated heterocycles. The van der Waals surface area contributed by atoms with E-state index in [1.165, 1.54) is 0 Å². The van der Waals surface area contributed by atoms with Crippen LogP contribution in [0, 0.1) is 40.9 Å². The van der Waals surface area contributed by atoms with Gasteiger partial charge >= 0.3 is 0 Å². The van der Waals surface area contributed by atoms with Crippen LogP contribution in [0.1, 0.15) is 65.2 Å². The zero-order valence-corrected chi connectivity index (χ0v) is 14.9. The van der Waals surface area contributed by atoms with Crippen molar-refractivity contribution in [2.45, 2.75) is 88.6 Å². The molecule has 0 radical (unpaired) electrons. The molecule has 1 spiro atoms. The first kappa shape index (κ1) is 15.7. The summed E-state index contributed by atoms with van der Waals surface area (Å²) >= 11 is 0. The Morgan fingerprint density at radius 1 is 1.04 bits per heavy atom. The molecule has 0 aromatic carbocycles. The molecule has 0 amide bonds. The van der Waals surface area contributed by atoms with Crippen molar-refractivity contribution in [1.29, 1.82) is 0 Å². The van der Waals surface area contributed by atoms with E-state index >= 15 is 0 Å². The van der Waals surface area contributed by atoms with Crippen LogP contribution < -0.4 is 0 Å². The van der Waals surface area contributed by atoms with Crippen molar-refractivity contribution in [2.24, 2.45) is 28.6 Å². The minimum atomic E-state index is -0.925. The van der Waals surface area contributed by atoms with Gasteiger partial charge in [-0.05, 0) is 62.7 Å². The van der Waals surface area contributed by atoms with Gasteiger partial charge in [0.15, 0.2) is 0 Å². The van der Waals surface area contributed by atoms with Gasteiger partial charge in [-0.15, -0.1) is 6.42 Å². The van der Waals surface area contributed by atoms with E-state index in [1.54, 1.807) is 0 Å². The van der Waals surface area contributed by atoms with Crippen molar-refractivity contribution >= 4 is 0 Å². The van der Waals surface area contributed by atoms with Crippen molar-refractivity contribution in [1.82, 2.24) is 0 Å². The first-order valence-electron chi connectivity index (χ1n) is 9.86. The Bertz CT molecular complexity index is 625. The maximum Gasteiger partial charge on any atom is 0.130 e. The molecule has 3 nitrogen and oxygen atoms in total. The predicted molar refractivity (Wildman–Crippen MR) is 91.0 cm³/mol. The van der Waals surface area contributed by atoms with E-state index in [1.807, 2.05) is 0 Å². The number of aliphatic hydroxyl groups is 2. The van der Waals surface area contributed by atoms with Crippen LogP contribution >= 0.6 is 0 Å². The summed E-state index contributed by atoms with van der Waals surface area (Å²) in [5.74, 6) is 4.55. The van der Waals surface area contributed by atoms with Crippen LogP contribution in [0.3, 0.4) is 0 Å². The topological polar surface area (TPSA) is 53.0 Å². The minimum absolute atomic E-state index is 0.0550. The zero-order valence-electron chi connectivity index (χ0n) is 14.9. The third kappa shape index (κ3) is 1.53. The maximum absolute atomic E-state index is 11.1. The Hall–Kier alpha value is -0.560. The van der Waals surface area contributed by atoms with Crippen LogP contribution in [0.15, 0.2) is 0 Å². The van der Waals surface area contributed by atoms with Crippen LogP contribution in [0.5, 0.6) is 0 Å². The maximum atomic E-state index is 11.1. The van der Waals surface area contributed by atoms with E-state index in [0.717, 1.165) is 51.4 Å². The first-order chi connectivity index (χ1) is 11.3. The van der Waals surface area contributed by atoms with Crippen molar-refractivity contribution in [3.63, 3.8) is 0 Å². The lowest BCUT2D eigenvalue weighted by Gasteiger charge is -2.59. The van der Waals surface area contributed by atoms with Gasteiger partial charge in [0.2, 0.25) is 0 Å². The molecule has 2 N–H and O–H groups in total. The number of ether oxygens (including phenoxy) is 1. The number of epoxide rings is 1. The molecule has 132 valence electrons. The molecular formula is C21H30O3. The molecule has 4 aliphatic carbocycles. The summed E-state index contributed by atoms with van der Waals surface area (Å²) < 4.78 is 6.33. The lowest BCUT2D eigenvalue weighted by molar-refractivity contribution is -0.133. The Labute approximate surface area is 145 Å². The highest BCUT2D eigenvalue weighted by Gasteiger charge is 2.76. The third-order valence-electron chi connectivity index (χ3n) is 9.45. The van der Waals surface area contributed by atoms with Crippen LogP contribution in [0.2, 0.25) is 0 Å². The second-order valence-corrected chi connectivity index (χ2v) is 9.92. The average Bonchev–Trinajstić information content (AvgIpc) is 3.17. The largest absolute Gasteiger partial charge is 0.393 e. The Balaban J connectivity index is 1.52. The van der Waals surface area contributed by atoms with Crippen molar-refractivity contribution in [3.8, 4) is 12.3 Å². The van der Waals surface area contributed by atoms with E-state index in [2.05, 4.69) is 19.8 Å². The Morgan fingerprint density at radius 3 is 2.46 bits per heavy atom.